The molecule has 2 rings (SSSR count). The summed E-state index contributed by atoms with van der Waals surface area (Å²) in [5.41, 5.74) is -0.440. The lowest BCUT2D eigenvalue weighted by Crippen LogP contribution is -2.37. The van der Waals surface area contributed by atoms with Gasteiger partial charge in [0, 0.05) is 18.4 Å². The highest BCUT2D eigenvalue weighted by Gasteiger charge is 2.32. The van der Waals surface area contributed by atoms with Crippen LogP contribution in [0.5, 0.6) is 0 Å². The molecule has 2 nitrogen and oxygen atoms in total. The first-order valence-electron chi connectivity index (χ1n) is 8.27. The number of carbonyl (C=O) groups is 1. The van der Waals surface area contributed by atoms with Crippen LogP contribution < -0.4 is 5.32 Å². The molecule has 0 aromatic heterocycles. The van der Waals surface area contributed by atoms with Gasteiger partial charge in [-0.3, -0.25) is 4.79 Å². The Morgan fingerprint density at radius 1 is 1.00 bits per heavy atom. The van der Waals surface area contributed by atoms with E-state index in [1.54, 1.807) is 38.1 Å². The summed E-state index contributed by atoms with van der Waals surface area (Å²) in [5.74, 6) is -0.627. The fraction of sp³-hybridized carbons (Fsp3) is 0.350. The predicted molar refractivity (Wildman–Crippen MR) is 92.2 cm³/mol. The summed E-state index contributed by atoms with van der Waals surface area (Å²) in [6, 6.07) is 11.3. The number of benzene rings is 2. The number of rotatable bonds is 6. The second-order valence-electron chi connectivity index (χ2n) is 6.83. The normalized spacial score (nSPS) is 12.1. The van der Waals surface area contributed by atoms with E-state index in [0.717, 1.165) is 12.1 Å². The zero-order valence-corrected chi connectivity index (χ0v) is 14.7. The van der Waals surface area contributed by atoms with E-state index in [-0.39, 0.29) is 31.1 Å². The minimum atomic E-state index is -4.41. The second kappa shape index (κ2) is 7.89. The zero-order chi connectivity index (χ0) is 19.4. The third kappa shape index (κ3) is 5.31. The number of amides is 1. The van der Waals surface area contributed by atoms with Crippen molar-refractivity contribution in [3.05, 3.63) is 71.0 Å². The highest BCUT2D eigenvalue weighted by molar-refractivity contribution is 5.76. The molecule has 0 atom stereocenters. The van der Waals surface area contributed by atoms with Gasteiger partial charge >= 0.3 is 6.18 Å². The topological polar surface area (TPSA) is 29.1 Å². The molecule has 2 aromatic rings. The minimum Gasteiger partial charge on any atom is -0.355 e. The second-order valence-corrected chi connectivity index (χ2v) is 6.83. The SMILES string of the molecule is CC(C)(CNC(=O)CCc1ccccc1F)c1cccc(C(F)(F)F)c1. The molecule has 0 bridgehead atoms. The fourth-order valence-corrected chi connectivity index (χ4v) is 2.58. The van der Waals surface area contributed by atoms with Crippen molar-refractivity contribution in [3.8, 4) is 0 Å². The number of carbonyl (C=O) groups excluding carboxylic acids is 1. The van der Waals surface area contributed by atoms with Crippen molar-refractivity contribution in [3.63, 3.8) is 0 Å². The van der Waals surface area contributed by atoms with Crippen LogP contribution in [0.15, 0.2) is 48.5 Å². The van der Waals surface area contributed by atoms with E-state index in [1.165, 1.54) is 12.1 Å². The molecule has 0 fully saturated rings. The molecular formula is C20H21F4NO. The van der Waals surface area contributed by atoms with E-state index in [4.69, 9.17) is 0 Å². The van der Waals surface area contributed by atoms with Crippen LogP contribution in [-0.2, 0) is 22.8 Å². The third-order valence-electron chi connectivity index (χ3n) is 4.28. The lowest BCUT2D eigenvalue weighted by atomic mass is 9.83. The monoisotopic (exact) mass is 367 g/mol. The number of nitrogens with one attached hydrogen (secondary N) is 1. The summed E-state index contributed by atoms with van der Waals surface area (Å²) in [6.45, 7) is 3.71. The number of alkyl halides is 3. The van der Waals surface area contributed by atoms with Crippen molar-refractivity contribution in [1.82, 2.24) is 5.32 Å². The van der Waals surface area contributed by atoms with Crippen LogP contribution in [-0.4, -0.2) is 12.5 Å². The van der Waals surface area contributed by atoms with Gasteiger partial charge < -0.3 is 5.32 Å². The first-order valence-corrected chi connectivity index (χ1v) is 8.27. The lowest BCUT2D eigenvalue weighted by molar-refractivity contribution is -0.137. The smallest absolute Gasteiger partial charge is 0.355 e. The van der Waals surface area contributed by atoms with Crippen LogP contribution in [0.25, 0.3) is 0 Å². The van der Waals surface area contributed by atoms with Crippen molar-refractivity contribution < 1.29 is 22.4 Å². The molecule has 0 radical (unpaired) electrons. The van der Waals surface area contributed by atoms with E-state index in [9.17, 15) is 22.4 Å². The first kappa shape index (κ1) is 19.9. The van der Waals surface area contributed by atoms with Gasteiger partial charge in [0.2, 0.25) is 5.91 Å². The molecule has 26 heavy (non-hydrogen) atoms. The molecule has 0 unspecified atom stereocenters. The molecule has 6 heteroatoms. The summed E-state index contributed by atoms with van der Waals surface area (Å²) in [5, 5.41) is 2.73. The van der Waals surface area contributed by atoms with Gasteiger partial charge in [0.05, 0.1) is 5.56 Å². The first-order chi connectivity index (χ1) is 12.1. The molecule has 0 saturated heterocycles. The molecule has 0 heterocycles. The Kier molecular flexibility index (Phi) is 6.05. The van der Waals surface area contributed by atoms with Gasteiger partial charge in [0.25, 0.3) is 0 Å². The molecule has 1 N–H and O–H groups in total. The predicted octanol–water partition coefficient (Wildman–Crippen LogP) is 4.87. The highest BCUT2D eigenvalue weighted by Crippen LogP contribution is 2.32. The maximum atomic E-state index is 13.5. The number of hydrogen-bond donors (Lipinski definition) is 1. The van der Waals surface area contributed by atoms with E-state index < -0.39 is 17.2 Å². The zero-order valence-electron chi connectivity index (χ0n) is 14.7. The average molecular weight is 367 g/mol. The molecule has 1 amide bonds. The Morgan fingerprint density at radius 3 is 2.31 bits per heavy atom. The van der Waals surface area contributed by atoms with E-state index >= 15 is 0 Å². The van der Waals surface area contributed by atoms with Crippen molar-refractivity contribution in [2.45, 2.75) is 38.3 Å². The Morgan fingerprint density at radius 2 is 1.65 bits per heavy atom. The maximum absolute atomic E-state index is 13.5. The minimum absolute atomic E-state index is 0.111. The van der Waals surface area contributed by atoms with Crippen LogP contribution in [0.2, 0.25) is 0 Å². The summed E-state index contributed by atoms with van der Waals surface area (Å²) >= 11 is 0. The van der Waals surface area contributed by atoms with Gasteiger partial charge in [-0.2, -0.15) is 13.2 Å². The van der Waals surface area contributed by atoms with E-state index in [1.807, 2.05) is 0 Å². The Labute approximate surface area is 150 Å². The van der Waals surface area contributed by atoms with Crippen LogP contribution in [0.1, 0.15) is 37.0 Å². The van der Waals surface area contributed by atoms with Gasteiger partial charge in [-0.15, -0.1) is 0 Å². The van der Waals surface area contributed by atoms with Gasteiger partial charge in [0.15, 0.2) is 0 Å². The molecule has 0 aliphatic heterocycles. The summed E-state index contributed by atoms with van der Waals surface area (Å²) in [4.78, 5) is 12.0. The molecule has 0 aliphatic rings. The van der Waals surface area contributed by atoms with Crippen LogP contribution in [0.4, 0.5) is 17.6 Å². The fourth-order valence-electron chi connectivity index (χ4n) is 2.58. The quantitative estimate of drug-likeness (QED) is 0.725. The van der Waals surface area contributed by atoms with Crippen molar-refractivity contribution >= 4 is 5.91 Å². The summed E-state index contributed by atoms with van der Waals surface area (Å²) in [6.07, 6.45) is -4.03. The number of halogens is 4. The van der Waals surface area contributed by atoms with Gasteiger partial charge in [-0.1, -0.05) is 50.2 Å². The average Bonchev–Trinajstić information content (AvgIpc) is 2.59. The number of aryl methyl sites for hydroxylation is 1. The number of hydrogen-bond acceptors (Lipinski definition) is 1. The summed E-state index contributed by atoms with van der Waals surface area (Å²) < 4.78 is 52.1. The standard InChI is InChI=1S/C20H21F4NO/c1-19(2,15-7-5-8-16(12-15)20(22,23)24)13-25-18(26)11-10-14-6-3-4-9-17(14)21/h3-9,12H,10-11,13H2,1-2H3,(H,25,26). The highest BCUT2D eigenvalue weighted by atomic mass is 19.4. The maximum Gasteiger partial charge on any atom is 0.416 e. The third-order valence-corrected chi connectivity index (χ3v) is 4.28. The molecule has 0 spiro atoms. The lowest BCUT2D eigenvalue weighted by Gasteiger charge is -2.26. The molecule has 2 aromatic carbocycles. The molecule has 140 valence electrons. The Bertz CT molecular complexity index is 768. The molecular weight excluding hydrogens is 346 g/mol. The van der Waals surface area contributed by atoms with Crippen molar-refractivity contribution in [1.29, 1.82) is 0 Å². The van der Waals surface area contributed by atoms with Gasteiger partial charge in [-0.05, 0) is 29.7 Å². The van der Waals surface area contributed by atoms with Crippen LogP contribution >= 0.6 is 0 Å². The molecule has 0 aliphatic carbocycles. The van der Waals surface area contributed by atoms with E-state index in [2.05, 4.69) is 5.32 Å². The van der Waals surface area contributed by atoms with Crippen molar-refractivity contribution in [2.75, 3.05) is 6.54 Å². The largest absolute Gasteiger partial charge is 0.416 e. The van der Waals surface area contributed by atoms with Crippen LogP contribution in [0, 0.1) is 5.82 Å². The van der Waals surface area contributed by atoms with Crippen molar-refractivity contribution in [2.24, 2.45) is 0 Å². The Hall–Kier alpha value is -2.37. The molecule has 0 saturated carbocycles. The van der Waals surface area contributed by atoms with Crippen LogP contribution in [0.3, 0.4) is 0 Å². The van der Waals surface area contributed by atoms with Gasteiger partial charge in [0.1, 0.15) is 5.82 Å². The summed E-state index contributed by atoms with van der Waals surface area (Å²) in [7, 11) is 0. The van der Waals surface area contributed by atoms with E-state index in [0.29, 0.717) is 11.1 Å². The van der Waals surface area contributed by atoms with Gasteiger partial charge in [-0.25, -0.2) is 4.39 Å². The Balaban J connectivity index is 1.95.